The quantitative estimate of drug-likeness (QED) is 0.724. The number of carboxylic acid groups (broad SMARTS) is 1. The molecule has 2 N–H and O–H groups in total. The molecular weight excluding hydrogens is 234 g/mol. The summed E-state index contributed by atoms with van der Waals surface area (Å²) in [4.78, 5) is 23.5. The zero-order chi connectivity index (χ0) is 12.7. The Labute approximate surface area is 105 Å². The van der Waals surface area contributed by atoms with Gasteiger partial charge in [0.15, 0.2) is 0 Å². The van der Waals surface area contributed by atoms with Gasteiger partial charge in [-0.1, -0.05) is 25.0 Å². The minimum Gasteiger partial charge on any atom is -0.481 e. The molecule has 1 saturated carbocycles. The number of carbonyl (C=O) groups is 2. The molecule has 3 aliphatic rings. The standard InChI is InChI=1S/C13H17NO4/c15-12(14-7-3-1-2-4-7)10-8-5-6-9(18-8)11(10)13(16)17/h5-11H,1-4H2,(H,14,15)(H,16,17)/t8-,9-,10+,11+/m1/s1. The lowest BCUT2D eigenvalue weighted by Crippen LogP contribution is -2.45. The van der Waals surface area contributed by atoms with E-state index < -0.39 is 23.9 Å². The third-order valence-corrected chi connectivity index (χ3v) is 4.19. The molecule has 0 aromatic carbocycles. The van der Waals surface area contributed by atoms with E-state index in [2.05, 4.69) is 5.32 Å². The predicted octanol–water partition coefficient (Wildman–Crippen LogP) is 0.699. The molecule has 1 amide bonds. The number of nitrogens with one attached hydrogen (secondary N) is 1. The summed E-state index contributed by atoms with van der Waals surface area (Å²) < 4.78 is 5.49. The summed E-state index contributed by atoms with van der Waals surface area (Å²) in [6.45, 7) is 0. The molecule has 2 aliphatic heterocycles. The van der Waals surface area contributed by atoms with E-state index in [1.807, 2.05) is 6.08 Å². The molecule has 4 atom stereocenters. The number of carbonyl (C=O) groups excluding carboxylic acids is 1. The minimum absolute atomic E-state index is 0.161. The lowest BCUT2D eigenvalue weighted by Gasteiger charge is -2.23. The van der Waals surface area contributed by atoms with Crippen LogP contribution in [0.1, 0.15) is 25.7 Å². The van der Waals surface area contributed by atoms with E-state index in [9.17, 15) is 14.7 Å². The van der Waals surface area contributed by atoms with Gasteiger partial charge in [-0.15, -0.1) is 0 Å². The zero-order valence-corrected chi connectivity index (χ0v) is 10.0. The number of fused-ring (bicyclic) bond motifs is 2. The van der Waals surface area contributed by atoms with Crippen molar-refractivity contribution in [1.82, 2.24) is 5.32 Å². The van der Waals surface area contributed by atoms with Crippen molar-refractivity contribution in [1.29, 1.82) is 0 Å². The van der Waals surface area contributed by atoms with Crippen LogP contribution in [0, 0.1) is 11.8 Å². The highest BCUT2D eigenvalue weighted by Crippen LogP contribution is 2.39. The summed E-state index contributed by atoms with van der Waals surface area (Å²) in [5.74, 6) is -2.41. The van der Waals surface area contributed by atoms with Gasteiger partial charge in [0.2, 0.25) is 5.91 Å². The molecule has 2 bridgehead atoms. The summed E-state index contributed by atoms with van der Waals surface area (Å²) in [5, 5.41) is 12.2. The van der Waals surface area contributed by atoms with Gasteiger partial charge in [-0.05, 0) is 12.8 Å². The number of ether oxygens (including phenoxy) is 1. The molecule has 3 rings (SSSR count). The van der Waals surface area contributed by atoms with Crippen LogP contribution in [0.25, 0.3) is 0 Å². The first-order chi connectivity index (χ1) is 8.66. The fourth-order valence-electron chi connectivity index (χ4n) is 3.28. The maximum absolute atomic E-state index is 12.2. The number of rotatable bonds is 3. The van der Waals surface area contributed by atoms with Crippen molar-refractivity contribution >= 4 is 11.9 Å². The minimum atomic E-state index is -0.946. The van der Waals surface area contributed by atoms with E-state index >= 15 is 0 Å². The monoisotopic (exact) mass is 251 g/mol. The summed E-state index contributed by atoms with van der Waals surface area (Å²) in [7, 11) is 0. The molecular formula is C13H17NO4. The van der Waals surface area contributed by atoms with E-state index in [4.69, 9.17) is 4.74 Å². The molecule has 98 valence electrons. The number of hydrogen-bond donors (Lipinski definition) is 2. The fraction of sp³-hybridized carbons (Fsp3) is 0.692. The molecule has 0 spiro atoms. The van der Waals surface area contributed by atoms with Gasteiger partial charge in [-0.3, -0.25) is 9.59 Å². The van der Waals surface area contributed by atoms with Crippen LogP contribution in [0.2, 0.25) is 0 Å². The normalized spacial score (nSPS) is 38.2. The van der Waals surface area contributed by atoms with Crippen molar-refractivity contribution < 1.29 is 19.4 Å². The summed E-state index contributed by atoms with van der Waals surface area (Å²) in [6.07, 6.45) is 7.04. The van der Waals surface area contributed by atoms with Crippen molar-refractivity contribution in [3.8, 4) is 0 Å². The molecule has 0 aromatic heterocycles. The number of amides is 1. The van der Waals surface area contributed by atoms with Crippen molar-refractivity contribution in [2.45, 2.75) is 43.9 Å². The SMILES string of the molecule is O=C(O)[C@@H]1[C@@H](C(=O)NC2CCCC2)[C@H]2C=C[C@H]1O2. The van der Waals surface area contributed by atoms with Crippen LogP contribution in [0.4, 0.5) is 0 Å². The first-order valence-electron chi connectivity index (χ1n) is 6.54. The first-order valence-corrected chi connectivity index (χ1v) is 6.54. The van der Waals surface area contributed by atoms with Gasteiger partial charge < -0.3 is 15.2 Å². The van der Waals surface area contributed by atoms with Gasteiger partial charge in [0, 0.05) is 6.04 Å². The van der Waals surface area contributed by atoms with E-state index in [0.29, 0.717) is 0 Å². The van der Waals surface area contributed by atoms with Crippen LogP contribution in [-0.2, 0) is 14.3 Å². The second kappa shape index (κ2) is 4.39. The Kier molecular flexibility index (Phi) is 2.86. The molecule has 5 heteroatoms. The highest BCUT2D eigenvalue weighted by atomic mass is 16.5. The lowest BCUT2D eigenvalue weighted by molar-refractivity contribution is -0.146. The Morgan fingerprint density at radius 1 is 1.11 bits per heavy atom. The molecule has 18 heavy (non-hydrogen) atoms. The molecule has 0 aromatic rings. The van der Waals surface area contributed by atoms with Crippen LogP contribution >= 0.6 is 0 Å². The van der Waals surface area contributed by atoms with Crippen LogP contribution < -0.4 is 5.32 Å². The second-order valence-electron chi connectivity index (χ2n) is 5.33. The summed E-state index contributed by atoms with van der Waals surface area (Å²) in [6, 6.07) is 0.218. The maximum Gasteiger partial charge on any atom is 0.310 e. The summed E-state index contributed by atoms with van der Waals surface area (Å²) in [5.41, 5.74) is 0. The third-order valence-electron chi connectivity index (χ3n) is 4.19. The molecule has 5 nitrogen and oxygen atoms in total. The van der Waals surface area contributed by atoms with Gasteiger partial charge >= 0.3 is 5.97 Å². The Morgan fingerprint density at radius 3 is 2.33 bits per heavy atom. The average Bonchev–Trinajstić information content (AvgIpc) is 3.03. The fourth-order valence-corrected chi connectivity index (χ4v) is 3.28. The van der Waals surface area contributed by atoms with Gasteiger partial charge in [0.1, 0.15) is 5.92 Å². The van der Waals surface area contributed by atoms with Gasteiger partial charge in [0.25, 0.3) is 0 Å². The second-order valence-corrected chi connectivity index (χ2v) is 5.33. The van der Waals surface area contributed by atoms with E-state index in [0.717, 1.165) is 25.7 Å². The molecule has 0 unspecified atom stereocenters. The molecule has 1 aliphatic carbocycles. The van der Waals surface area contributed by atoms with Crippen molar-refractivity contribution in [2.75, 3.05) is 0 Å². The Bertz CT molecular complexity index is 400. The van der Waals surface area contributed by atoms with Crippen LogP contribution in [0.15, 0.2) is 12.2 Å². The molecule has 1 saturated heterocycles. The summed E-state index contributed by atoms with van der Waals surface area (Å²) >= 11 is 0. The first kappa shape index (κ1) is 11.7. The van der Waals surface area contributed by atoms with Crippen LogP contribution in [0.5, 0.6) is 0 Å². The van der Waals surface area contributed by atoms with Crippen molar-refractivity contribution in [2.24, 2.45) is 11.8 Å². The lowest BCUT2D eigenvalue weighted by atomic mass is 9.82. The maximum atomic E-state index is 12.2. The van der Waals surface area contributed by atoms with E-state index in [-0.39, 0.29) is 18.1 Å². The van der Waals surface area contributed by atoms with Gasteiger partial charge in [0.05, 0.1) is 18.1 Å². The average molecular weight is 251 g/mol. The smallest absolute Gasteiger partial charge is 0.310 e. The van der Waals surface area contributed by atoms with Gasteiger partial charge in [-0.25, -0.2) is 0 Å². The number of hydrogen-bond acceptors (Lipinski definition) is 3. The largest absolute Gasteiger partial charge is 0.481 e. The van der Waals surface area contributed by atoms with Crippen molar-refractivity contribution in [3.05, 3.63) is 12.2 Å². The highest BCUT2D eigenvalue weighted by Gasteiger charge is 2.53. The molecule has 2 fully saturated rings. The highest BCUT2D eigenvalue weighted by molar-refractivity contribution is 5.87. The predicted molar refractivity (Wildman–Crippen MR) is 62.8 cm³/mol. The third kappa shape index (κ3) is 1.82. The van der Waals surface area contributed by atoms with Crippen LogP contribution in [-0.4, -0.2) is 35.2 Å². The Balaban J connectivity index is 1.71. The Morgan fingerprint density at radius 2 is 1.72 bits per heavy atom. The van der Waals surface area contributed by atoms with E-state index in [1.165, 1.54) is 0 Å². The van der Waals surface area contributed by atoms with Crippen LogP contribution in [0.3, 0.4) is 0 Å². The van der Waals surface area contributed by atoms with Crippen molar-refractivity contribution in [3.63, 3.8) is 0 Å². The number of aliphatic carboxylic acids is 1. The topological polar surface area (TPSA) is 75.6 Å². The molecule has 0 radical (unpaired) electrons. The number of carboxylic acids is 1. The van der Waals surface area contributed by atoms with Gasteiger partial charge in [-0.2, -0.15) is 0 Å². The zero-order valence-electron chi connectivity index (χ0n) is 10.0. The molecule has 2 heterocycles. The van der Waals surface area contributed by atoms with E-state index in [1.54, 1.807) is 6.08 Å². The Hall–Kier alpha value is -1.36.